The standard InChI is InChI=1S/C4H16N6/c1-2-4(10(7)8)3-9(5)6/h4H,2-3,5-8H2,1H3. The maximum absolute atomic E-state index is 5.27. The second kappa shape index (κ2) is 4.56. The second-order valence-electron chi connectivity index (χ2n) is 2.21. The predicted molar refractivity (Wildman–Crippen MR) is 39.4 cm³/mol. The molecule has 1 atom stereocenters. The van der Waals surface area contributed by atoms with Crippen molar-refractivity contribution in [2.24, 2.45) is 23.4 Å². The van der Waals surface area contributed by atoms with Crippen LogP contribution in [0.4, 0.5) is 0 Å². The van der Waals surface area contributed by atoms with Crippen LogP contribution in [0.2, 0.25) is 0 Å². The van der Waals surface area contributed by atoms with E-state index in [9.17, 15) is 0 Å². The Bertz CT molecular complexity index is 81.8. The van der Waals surface area contributed by atoms with Gasteiger partial charge in [-0.25, -0.2) is 0 Å². The van der Waals surface area contributed by atoms with Crippen LogP contribution in [0.5, 0.6) is 0 Å². The first-order chi connectivity index (χ1) is 4.57. The Morgan fingerprint density at radius 3 is 1.80 bits per heavy atom. The number of nitrogens with two attached hydrogens (primary N) is 4. The molecule has 0 aromatic carbocycles. The first-order valence-electron chi connectivity index (χ1n) is 3.13. The maximum atomic E-state index is 5.27. The van der Waals surface area contributed by atoms with Crippen LogP contribution in [0.3, 0.4) is 0 Å². The lowest BCUT2D eigenvalue weighted by molar-refractivity contribution is 0.138. The van der Waals surface area contributed by atoms with Crippen LogP contribution in [0, 0.1) is 0 Å². The van der Waals surface area contributed by atoms with Gasteiger partial charge in [-0.1, -0.05) is 6.92 Å². The van der Waals surface area contributed by atoms with Gasteiger partial charge in [-0.2, -0.15) is 10.2 Å². The highest BCUT2D eigenvalue weighted by molar-refractivity contribution is 4.62. The average Bonchev–Trinajstić information content (AvgIpc) is 1.81. The Kier molecular flexibility index (Phi) is 4.45. The lowest BCUT2D eigenvalue weighted by Crippen LogP contribution is -2.54. The fraction of sp³-hybridized carbons (Fsp3) is 1.00. The molecule has 6 nitrogen and oxygen atoms in total. The normalized spacial score (nSPS) is 14.7. The molecule has 0 spiro atoms. The average molecular weight is 148 g/mol. The van der Waals surface area contributed by atoms with Crippen LogP contribution in [-0.4, -0.2) is 22.8 Å². The summed E-state index contributed by atoms with van der Waals surface area (Å²) in [5, 5.41) is 2.19. The minimum absolute atomic E-state index is 0.00926. The summed E-state index contributed by atoms with van der Waals surface area (Å²) < 4.78 is 0. The largest absolute Gasteiger partial charge is 0.255 e. The summed E-state index contributed by atoms with van der Waals surface area (Å²) in [5.74, 6) is 20.9. The summed E-state index contributed by atoms with van der Waals surface area (Å²) in [6.45, 7) is 2.42. The highest BCUT2D eigenvalue weighted by Gasteiger charge is 2.10. The Morgan fingerprint density at radius 1 is 1.20 bits per heavy atom. The Morgan fingerprint density at radius 2 is 1.70 bits per heavy atom. The van der Waals surface area contributed by atoms with Crippen LogP contribution >= 0.6 is 0 Å². The molecule has 0 saturated heterocycles. The SMILES string of the molecule is CCC(CN(N)N)N(N)N. The molecule has 0 aliphatic heterocycles. The van der Waals surface area contributed by atoms with E-state index in [2.05, 4.69) is 0 Å². The van der Waals surface area contributed by atoms with Crippen molar-refractivity contribution in [3.05, 3.63) is 0 Å². The highest BCUT2D eigenvalue weighted by atomic mass is 15.6. The van der Waals surface area contributed by atoms with Gasteiger partial charge in [-0.15, -0.1) is 0 Å². The third-order valence-corrected chi connectivity index (χ3v) is 1.31. The van der Waals surface area contributed by atoms with Gasteiger partial charge in [0.1, 0.15) is 0 Å². The molecule has 0 aromatic heterocycles. The molecule has 0 rings (SSSR count). The molecule has 0 heterocycles. The predicted octanol–water partition coefficient (Wildman–Crippen LogP) is -2.14. The van der Waals surface area contributed by atoms with E-state index in [4.69, 9.17) is 23.4 Å². The fourth-order valence-electron chi connectivity index (χ4n) is 0.678. The van der Waals surface area contributed by atoms with Crippen LogP contribution in [0.15, 0.2) is 0 Å². The monoisotopic (exact) mass is 148 g/mol. The maximum Gasteiger partial charge on any atom is 0.0548 e. The zero-order valence-electron chi connectivity index (χ0n) is 6.20. The van der Waals surface area contributed by atoms with Crippen LogP contribution in [0.25, 0.3) is 0 Å². The fourth-order valence-corrected chi connectivity index (χ4v) is 0.678. The van der Waals surface area contributed by atoms with Crippen molar-refractivity contribution in [1.82, 2.24) is 10.2 Å². The van der Waals surface area contributed by atoms with E-state index in [1.165, 1.54) is 0 Å². The molecular weight excluding hydrogens is 132 g/mol. The van der Waals surface area contributed by atoms with Crippen molar-refractivity contribution in [3.63, 3.8) is 0 Å². The lowest BCUT2D eigenvalue weighted by atomic mass is 10.2. The van der Waals surface area contributed by atoms with Crippen molar-refractivity contribution >= 4 is 0 Å². The molecule has 62 valence electrons. The molecular formula is C4H16N6. The molecule has 8 N–H and O–H groups in total. The molecule has 0 radical (unpaired) electrons. The topological polar surface area (TPSA) is 111 Å². The van der Waals surface area contributed by atoms with E-state index in [1.807, 2.05) is 6.92 Å². The first-order valence-corrected chi connectivity index (χ1v) is 3.13. The molecule has 6 heteroatoms. The summed E-state index contributed by atoms with van der Waals surface area (Å²) in [6, 6.07) is 0.00926. The zero-order valence-corrected chi connectivity index (χ0v) is 6.20. The molecule has 0 aliphatic carbocycles. The molecule has 0 bridgehead atoms. The van der Waals surface area contributed by atoms with Crippen LogP contribution < -0.4 is 23.4 Å². The minimum Gasteiger partial charge on any atom is -0.255 e. The van der Waals surface area contributed by atoms with Gasteiger partial charge in [0.15, 0.2) is 0 Å². The van der Waals surface area contributed by atoms with E-state index >= 15 is 0 Å². The van der Waals surface area contributed by atoms with Gasteiger partial charge in [0.25, 0.3) is 0 Å². The quantitative estimate of drug-likeness (QED) is 0.267. The summed E-state index contributed by atoms with van der Waals surface area (Å²) in [4.78, 5) is 0. The van der Waals surface area contributed by atoms with Gasteiger partial charge < -0.3 is 0 Å². The molecule has 0 saturated carbocycles. The van der Waals surface area contributed by atoms with E-state index < -0.39 is 0 Å². The van der Waals surface area contributed by atoms with E-state index in [0.717, 1.165) is 16.7 Å². The molecule has 0 fully saturated rings. The molecule has 0 amide bonds. The number of hydrazine groups is 4. The van der Waals surface area contributed by atoms with Crippen LogP contribution in [-0.2, 0) is 0 Å². The van der Waals surface area contributed by atoms with Gasteiger partial charge in [0.05, 0.1) is 6.04 Å². The van der Waals surface area contributed by atoms with Gasteiger partial charge in [-0.3, -0.25) is 23.4 Å². The van der Waals surface area contributed by atoms with Gasteiger partial charge >= 0.3 is 0 Å². The number of hydrogen-bond donors (Lipinski definition) is 4. The zero-order chi connectivity index (χ0) is 8.15. The lowest BCUT2D eigenvalue weighted by Gasteiger charge is -2.23. The Labute approximate surface area is 60.6 Å². The van der Waals surface area contributed by atoms with E-state index in [0.29, 0.717) is 6.54 Å². The first kappa shape index (κ1) is 9.76. The molecule has 10 heavy (non-hydrogen) atoms. The third kappa shape index (κ3) is 3.72. The van der Waals surface area contributed by atoms with Crippen molar-refractivity contribution in [2.75, 3.05) is 6.54 Å². The number of hydrogen-bond acceptors (Lipinski definition) is 6. The molecule has 0 aliphatic rings. The summed E-state index contributed by atoms with van der Waals surface area (Å²) in [5.41, 5.74) is 0. The number of rotatable bonds is 4. The van der Waals surface area contributed by atoms with Crippen molar-refractivity contribution < 1.29 is 0 Å². The van der Waals surface area contributed by atoms with Gasteiger partial charge in [-0.05, 0) is 6.42 Å². The third-order valence-electron chi connectivity index (χ3n) is 1.31. The van der Waals surface area contributed by atoms with Crippen LogP contribution in [0.1, 0.15) is 13.3 Å². The van der Waals surface area contributed by atoms with E-state index in [-0.39, 0.29) is 6.04 Å². The summed E-state index contributed by atoms with van der Waals surface area (Å²) in [6.07, 6.45) is 0.817. The highest BCUT2D eigenvalue weighted by Crippen LogP contribution is 1.93. The smallest absolute Gasteiger partial charge is 0.0548 e. The van der Waals surface area contributed by atoms with Crippen molar-refractivity contribution in [3.8, 4) is 0 Å². The van der Waals surface area contributed by atoms with Gasteiger partial charge in [0, 0.05) is 6.54 Å². The summed E-state index contributed by atoms with van der Waals surface area (Å²) in [7, 11) is 0. The van der Waals surface area contributed by atoms with Crippen molar-refractivity contribution in [2.45, 2.75) is 19.4 Å². The Hall–Kier alpha value is -0.240. The number of nitrogens with zero attached hydrogens (tertiary/aromatic N) is 2. The van der Waals surface area contributed by atoms with Gasteiger partial charge in [0.2, 0.25) is 0 Å². The Balaban J connectivity index is 3.60. The minimum atomic E-state index is 0.00926. The molecule has 1 unspecified atom stereocenters. The summed E-state index contributed by atoms with van der Waals surface area (Å²) >= 11 is 0. The molecule has 0 aromatic rings. The van der Waals surface area contributed by atoms with Crippen molar-refractivity contribution in [1.29, 1.82) is 0 Å². The second-order valence-corrected chi connectivity index (χ2v) is 2.21. The van der Waals surface area contributed by atoms with E-state index in [1.54, 1.807) is 0 Å².